The molecule has 0 aliphatic carbocycles. The van der Waals surface area contributed by atoms with Gasteiger partial charge in [0, 0.05) is 18.8 Å². The smallest absolute Gasteiger partial charge is 0.291 e. The number of ether oxygens (including phenoxy) is 1. The number of furan rings is 1. The topological polar surface area (TPSA) is 88.8 Å². The van der Waals surface area contributed by atoms with Crippen LogP contribution in [0.15, 0.2) is 45.9 Å². The summed E-state index contributed by atoms with van der Waals surface area (Å²) in [5, 5.41) is 2.44. The van der Waals surface area contributed by atoms with E-state index in [1.54, 1.807) is 31.4 Å². The Morgan fingerprint density at radius 1 is 1.12 bits per heavy atom. The summed E-state index contributed by atoms with van der Waals surface area (Å²) in [6, 6.07) is 9.46. The first-order valence-corrected chi connectivity index (χ1v) is 9.00. The number of benzene rings is 1. The van der Waals surface area contributed by atoms with Gasteiger partial charge in [0.05, 0.1) is 7.11 Å². The molecule has 7 nitrogen and oxygen atoms in total. The number of sulfonamides is 1. The van der Waals surface area contributed by atoms with E-state index >= 15 is 0 Å². The molecule has 0 saturated carbocycles. The number of nitrogens with zero attached hydrogens (tertiary/aromatic N) is 1. The van der Waals surface area contributed by atoms with Gasteiger partial charge in [-0.1, -0.05) is 0 Å². The van der Waals surface area contributed by atoms with Crippen molar-refractivity contribution in [1.82, 2.24) is 4.31 Å². The van der Waals surface area contributed by atoms with E-state index in [1.807, 2.05) is 0 Å². The minimum atomic E-state index is -3.66. The summed E-state index contributed by atoms with van der Waals surface area (Å²) >= 11 is 0. The van der Waals surface area contributed by atoms with Crippen molar-refractivity contribution in [2.24, 2.45) is 0 Å². The van der Waals surface area contributed by atoms with E-state index in [2.05, 4.69) is 5.32 Å². The highest BCUT2D eigenvalue weighted by Crippen LogP contribution is 2.23. The quantitative estimate of drug-likeness (QED) is 0.894. The highest BCUT2D eigenvalue weighted by molar-refractivity contribution is 7.89. The molecule has 0 unspecified atom stereocenters. The fraction of sp³-hybridized carbons (Fsp3) is 0.312. The van der Waals surface area contributed by atoms with Gasteiger partial charge < -0.3 is 14.5 Å². The molecule has 1 aliphatic rings. The second-order valence-corrected chi connectivity index (χ2v) is 7.28. The first-order chi connectivity index (χ1) is 11.5. The van der Waals surface area contributed by atoms with E-state index < -0.39 is 15.9 Å². The Hall–Kier alpha value is -2.32. The van der Waals surface area contributed by atoms with Gasteiger partial charge in [0.2, 0.25) is 5.09 Å². The maximum Gasteiger partial charge on any atom is 0.291 e. The van der Waals surface area contributed by atoms with Crippen molar-refractivity contribution in [1.29, 1.82) is 0 Å². The lowest BCUT2D eigenvalue weighted by atomic mass is 10.3. The maximum atomic E-state index is 12.4. The second-order valence-electron chi connectivity index (χ2n) is 5.41. The number of carbonyl (C=O) groups is 1. The van der Waals surface area contributed by atoms with Crippen LogP contribution >= 0.6 is 0 Å². The first-order valence-electron chi connectivity index (χ1n) is 7.56. The van der Waals surface area contributed by atoms with Crippen molar-refractivity contribution < 1.29 is 22.4 Å². The Balaban J connectivity index is 1.73. The van der Waals surface area contributed by atoms with Gasteiger partial charge in [0.15, 0.2) is 5.76 Å². The standard InChI is InChI=1S/C16H18N2O5S/c1-22-13-6-4-12(5-7-13)17-16(19)14-8-9-15(23-14)24(20,21)18-10-2-3-11-18/h4-9H,2-3,10-11H2,1H3,(H,17,19). The highest BCUT2D eigenvalue weighted by Gasteiger charge is 2.30. The van der Waals surface area contributed by atoms with E-state index in [-0.39, 0.29) is 10.9 Å². The van der Waals surface area contributed by atoms with E-state index in [9.17, 15) is 13.2 Å². The zero-order valence-corrected chi connectivity index (χ0v) is 14.0. The molecule has 1 aromatic carbocycles. The molecule has 1 aliphatic heterocycles. The Morgan fingerprint density at radius 2 is 1.79 bits per heavy atom. The molecule has 128 valence electrons. The lowest BCUT2D eigenvalue weighted by molar-refractivity contribution is 0.0991. The van der Waals surface area contributed by atoms with Crippen LogP contribution in [0.4, 0.5) is 5.69 Å². The van der Waals surface area contributed by atoms with Crippen molar-refractivity contribution in [2.75, 3.05) is 25.5 Å². The fourth-order valence-corrected chi connectivity index (χ4v) is 3.93. The SMILES string of the molecule is COc1ccc(NC(=O)c2ccc(S(=O)(=O)N3CCCC3)o2)cc1. The summed E-state index contributed by atoms with van der Waals surface area (Å²) in [6.45, 7) is 0.965. The van der Waals surface area contributed by atoms with E-state index in [0.29, 0.717) is 24.5 Å². The monoisotopic (exact) mass is 350 g/mol. The predicted octanol–water partition coefficient (Wildman–Crippen LogP) is 2.33. The number of anilines is 1. The molecule has 2 aromatic rings. The van der Waals surface area contributed by atoms with Crippen molar-refractivity contribution >= 4 is 21.6 Å². The summed E-state index contributed by atoms with van der Waals surface area (Å²) < 4.78 is 36.5. The molecular formula is C16H18N2O5S. The Labute approximate surface area is 140 Å². The maximum absolute atomic E-state index is 12.4. The molecule has 0 atom stereocenters. The summed E-state index contributed by atoms with van der Waals surface area (Å²) in [5.41, 5.74) is 0.557. The molecule has 0 radical (unpaired) electrons. The number of rotatable bonds is 5. The van der Waals surface area contributed by atoms with Crippen LogP contribution in [0.2, 0.25) is 0 Å². The summed E-state index contributed by atoms with van der Waals surface area (Å²) in [6.07, 6.45) is 1.68. The molecule has 0 bridgehead atoms. The van der Waals surface area contributed by atoms with E-state index in [1.165, 1.54) is 16.4 Å². The lowest BCUT2D eigenvalue weighted by Crippen LogP contribution is -2.27. The van der Waals surface area contributed by atoms with Crippen LogP contribution < -0.4 is 10.1 Å². The summed E-state index contributed by atoms with van der Waals surface area (Å²) in [4.78, 5) is 12.2. The van der Waals surface area contributed by atoms with Gasteiger partial charge in [-0.3, -0.25) is 4.79 Å². The second kappa shape index (κ2) is 6.66. The normalized spacial score (nSPS) is 15.4. The van der Waals surface area contributed by atoms with Gasteiger partial charge in [-0.15, -0.1) is 0 Å². The largest absolute Gasteiger partial charge is 0.497 e. The molecule has 1 aromatic heterocycles. The molecular weight excluding hydrogens is 332 g/mol. The molecule has 8 heteroatoms. The highest BCUT2D eigenvalue weighted by atomic mass is 32.2. The number of methoxy groups -OCH3 is 1. The van der Waals surface area contributed by atoms with Crippen LogP contribution in [0.1, 0.15) is 23.4 Å². The van der Waals surface area contributed by atoms with Crippen molar-refractivity contribution in [3.8, 4) is 5.75 Å². The van der Waals surface area contributed by atoms with Gasteiger partial charge in [0.1, 0.15) is 5.75 Å². The number of carbonyl (C=O) groups excluding carboxylic acids is 1. The first kappa shape index (κ1) is 16.5. The molecule has 3 rings (SSSR count). The molecule has 0 spiro atoms. The lowest BCUT2D eigenvalue weighted by Gasteiger charge is -2.12. The van der Waals surface area contributed by atoms with E-state index in [4.69, 9.17) is 9.15 Å². The van der Waals surface area contributed by atoms with Gasteiger partial charge in [-0.05, 0) is 49.2 Å². The Kier molecular flexibility index (Phi) is 4.59. The number of hydrogen-bond donors (Lipinski definition) is 1. The zero-order chi connectivity index (χ0) is 17.2. The molecule has 1 N–H and O–H groups in total. The zero-order valence-electron chi connectivity index (χ0n) is 13.2. The van der Waals surface area contributed by atoms with Crippen LogP contribution in [0.5, 0.6) is 5.75 Å². The van der Waals surface area contributed by atoms with E-state index in [0.717, 1.165) is 12.8 Å². The van der Waals surface area contributed by atoms with Gasteiger partial charge in [-0.2, -0.15) is 4.31 Å². The molecule has 2 heterocycles. The summed E-state index contributed by atoms with van der Waals surface area (Å²) in [7, 11) is -2.11. The average Bonchev–Trinajstić information content (AvgIpc) is 3.27. The number of amides is 1. The van der Waals surface area contributed by atoms with Gasteiger partial charge >= 0.3 is 0 Å². The van der Waals surface area contributed by atoms with Gasteiger partial charge in [-0.25, -0.2) is 8.42 Å². The molecule has 24 heavy (non-hydrogen) atoms. The van der Waals surface area contributed by atoms with Crippen molar-refractivity contribution in [3.63, 3.8) is 0 Å². The minimum Gasteiger partial charge on any atom is -0.497 e. The third kappa shape index (κ3) is 3.29. The fourth-order valence-electron chi connectivity index (χ4n) is 2.50. The third-order valence-corrected chi connectivity index (χ3v) is 5.59. The number of nitrogens with one attached hydrogen (secondary N) is 1. The number of hydrogen-bond acceptors (Lipinski definition) is 5. The molecule has 1 fully saturated rings. The van der Waals surface area contributed by atoms with Crippen molar-refractivity contribution in [3.05, 3.63) is 42.2 Å². The molecule has 1 saturated heterocycles. The summed E-state index contributed by atoms with van der Waals surface area (Å²) in [5.74, 6) is 0.108. The Bertz CT molecular complexity index is 820. The van der Waals surface area contributed by atoms with Crippen LogP contribution in [-0.2, 0) is 10.0 Å². The van der Waals surface area contributed by atoms with Crippen LogP contribution in [0.3, 0.4) is 0 Å². The third-order valence-electron chi connectivity index (χ3n) is 3.81. The van der Waals surface area contributed by atoms with Crippen LogP contribution in [-0.4, -0.2) is 38.8 Å². The predicted molar refractivity (Wildman–Crippen MR) is 87.6 cm³/mol. The Morgan fingerprint density at radius 3 is 2.42 bits per heavy atom. The van der Waals surface area contributed by atoms with Crippen molar-refractivity contribution in [2.45, 2.75) is 17.9 Å². The van der Waals surface area contributed by atoms with Crippen LogP contribution in [0.25, 0.3) is 0 Å². The molecule has 1 amide bonds. The van der Waals surface area contributed by atoms with Crippen LogP contribution in [0, 0.1) is 0 Å². The van der Waals surface area contributed by atoms with Gasteiger partial charge in [0.25, 0.3) is 15.9 Å². The minimum absolute atomic E-state index is 0.0522. The average molecular weight is 350 g/mol.